The maximum Gasteiger partial charge on any atom is 0.227 e. The van der Waals surface area contributed by atoms with Crippen LogP contribution in [0, 0.1) is 0 Å². The maximum atomic E-state index is 12.8. The average Bonchev–Trinajstić information content (AvgIpc) is 3.16. The van der Waals surface area contributed by atoms with Gasteiger partial charge in [0, 0.05) is 51.3 Å². The van der Waals surface area contributed by atoms with Gasteiger partial charge in [-0.3, -0.25) is 4.79 Å². The number of nitrogens with zero attached hydrogens (tertiary/aromatic N) is 7. The molecule has 0 spiro atoms. The molecule has 8 nitrogen and oxygen atoms in total. The molecule has 1 aromatic carbocycles. The van der Waals surface area contributed by atoms with Crippen LogP contribution in [0.3, 0.4) is 0 Å². The molecular formula is C21H27N7O. The van der Waals surface area contributed by atoms with Gasteiger partial charge in [0.2, 0.25) is 5.91 Å². The molecule has 3 heterocycles. The third kappa shape index (κ3) is 4.22. The van der Waals surface area contributed by atoms with Gasteiger partial charge in [0.05, 0.1) is 0 Å². The predicted octanol–water partition coefficient (Wildman–Crippen LogP) is 1.86. The van der Waals surface area contributed by atoms with Crippen LogP contribution in [0.2, 0.25) is 0 Å². The van der Waals surface area contributed by atoms with Crippen LogP contribution < -0.4 is 9.80 Å². The number of amides is 1. The van der Waals surface area contributed by atoms with Crippen molar-refractivity contribution in [2.24, 2.45) is 0 Å². The van der Waals surface area contributed by atoms with Crippen LogP contribution in [-0.2, 0) is 11.2 Å². The normalized spacial score (nSPS) is 15.0. The van der Waals surface area contributed by atoms with Gasteiger partial charge in [0.1, 0.15) is 5.82 Å². The first-order chi connectivity index (χ1) is 14.2. The number of carbonyl (C=O) groups excluding carboxylic acids is 1. The molecule has 1 fully saturated rings. The number of hydrogen-bond donors (Lipinski definition) is 0. The Morgan fingerprint density at radius 1 is 1.03 bits per heavy atom. The lowest BCUT2D eigenvalue weighted by Gasteiger charge is -2.33. The summed E-state index contributed by atoms with van der Waals surface area (Å²) in [6, 6.07) is 13.7. The van der Waals surface area contributed by atoms with Crippen molar-refractivity contribution in [3.8, 4) is 0 Å². The van der Waals surface area contributed by atoms with Crippen molar-refractivity contribution in [3.05, 3.63) is 48.3 Å². The van der Waals surface area contributed by atoms with Crippen molar-refractivity contribution in [2.75, 3.05) is 49.6 Å². The van der Waals surface area contributed by atoms with Gasteiger partial charge in [-0.25, -0.2) is 0 Å². The standard InChI is InChI=1S/C21H27N7O/c1-3-27(17-7-5-4-6-8-17)21(29)12-11-19-23-22-18-9-10-20(24-28(18)19)26-15-13-25(2)14-16-26/h4-10H,3,11-16H2,1-2H3. The van der Waals surface area contributed by atoms with Crippen molar-refractivity contribution in [1.82, 2.24) is 24.7 Å². The first-order valence-electron chi connectivity index (χ1n) is 10.2. The molecule has 4 rings (SSSR count). The Bertz CT molecular complexity index is 964. The van der Waals surface area contributed by atoms with Gasteiger partial charge in [-0.1, -0.05) is 18.2 Å². The van der Waals surface area contributed by atoms with Crippen LogP contribution in [0.1, 0.15) is 19.2 Å². The number of aryl methyl sites for hydroxylation is 1. The van der Waals surface area contributed by atoms with E-state index in [1.165, 1.54) is 0 Å². The molecule has 1 amide bonds. The van der Waals surface area contributed by atoms with E-state index >= 15 is 0 Å². The average molecular weight is 393 g/mol. The van der Waals surface area contributed by atoms with Crippen molar-refractivity contribution in [1.29, 1.82) is 0 Å². The highest BCUT2D eigenvalue weighted by Crippen LogP contribution is 2.17. The second kappa shape index (κ2) is 8.57. The molecule has 8 heteroatoms. The van der Waals surface area contributed by atoms with E-state index in [2.05, 4.69) is 27.0 Å². The second-order valence-electron chi connectivity index (χ2n) is 7.34. The fourth-order valence-corrected chi connectivity index (χ4v) is 3.65. The number of aromatic nitrogens is 4. The predicted molar refractivity (Wildman–Crippen MR) is 113 cm³/mol. The van der Waals surface area contributed by atoms with Crippen LogP contribution in [0.4, 0.5) is 11.5 Å². The van der Waals surface area contributed by atoms with Crippen LogP contribution >= 0.6 is 0 Å². The largest absolute Gasteiger partial charge is 0.353 e. The van der Waals surface area contributed by atoms with Gasteiger partial charge >= 0.3 is 0 Å². The third-order valence-corrected chi connectivity index (χ3v) is 5.39. The van der Waals surface area contributed by atoms with Crippen LogP contribution in [0.5, 0.6) is 0 Å². The number of para-hydroxylation sites is 1. The Morgan fingerprint density at radius 3 is 2.52 bits per heavy atom. The minimum Gasteiger partial charge on any atom is -0.353 e. The highest BCUT2D eigenvalue weighted by atomic mass is 16.2. The van der Waals surface area contributed by atoms with Crippen molar-refractivity contribution in [3.63, 3.8) is 0 Å². The molecule has 1 aliphatic rings. The Labute approximate surface area is 170 Å². The summed E-state index contributed by atoms with van der Waals surface area (Å²) in [5.74, 6) is 1.72. The maximum absolute atomic E-state index is 12.8. The summed E-state index contributed by atoms with van der Waals surface area (Å²) in [7, 11) is 2.14. The van der Waals surface area contributed by atoms with E-state index < -0.39 is 0 Å². The van der Waals surface area contributed by atoms with Crippen molar-refractivity contribution >= 4 is 23.1 Å². The first-order valence-corrected chi connectivity index (χ1v) is 10.2. The molecule has 0 bridgehead atoms. The first kappa shape index (κ1) is 19.3. The highest BCUT2D eigenvalue weighted by molar-refractivity contribution is 5.93. The monoisotopic (exact) mass is 393 g/mol. The fraction of sp³-hybridized carbons (Fsp3) is 0.429. The number of rotatable bonds is 6. The Morgan fingerprint density at radius 2 is 1.79 bits per heavy atom. The molecule has 0 N–H and O–H groups in total. The van der Waals surface area contributed by atoms with Gasteiger partial charge in [0.25, 0.3) is 0 Å². The lowest BCUT2D eigenvalue weighted by atomic mass is 10.2. The van der Waals surface area contributed by atoms with Gasteiger partial charge in [-0.2, -0.15) is 4.52 Å². The number of carbonyl (C=O) groups is 1. The highest BCUT2D eigenvalue weighted by Gasteiger charge is 2.18. The molecule has 152 valence electrons. The summed E-state index contributed by atoms with van der Waals surface area (Å²) < 4.78 is 1.78. The second-order valence-corrected chi connectivity index (χ2v) is 7.34. The number of anilines is 2. The van der Waals surface area contributed by atoms with Crippen LogP contribution in [0.25, 0.3) is 5.65 Å². The lowest BCUT2D eigenvalue weighted by Crippen LogP contribution is -2.45. The zero-order valence-electron chi connectivity index (χ0n) is 17.0. The van der Waals surface area contributed by atoms with Gasteiger partial charge < -0.3 is 14.7 Å². The van der Waals surface area contributed by atoms with Gasteiger partial charge in [0.15, 0.2) is 11.5 Å². The zero-order valence-corrected chi connectivity index (χ0v) is 17.0. The number of likely N-dealkylation sites (N-methyl/N-ethyl adjacent to an activating group) is 1. The fourth-order valence-electron chi connectivity index (χ4n) is 3.65. The molecule has 0 atom stereocenters. The molecule has 3 aromatic rings. The molecule has 0 saturated carbocycles. The number of fused-ring (bicyclic) bond motifs is 1. The van der Waals surface area contributed by atoms with E-state index in [4.69, 9.17) is 5.10 Å². The zero-order chi connectivity index (χ0) is 20.2. The topological polar surface area (TPSA) is 69.9 Å². The van der Waals surface area contributed by atoms with E-state index in [1.807, 2.05) is 49.4 Å². The molecule has 29 heavy (non-hydrogen) atoms. The molecule has 1 aliphatic heterocycles. The smallest absolute Gasteiger partial charge is 0.227 e. The van der Waals surface area contributed by atoms with Crippen LogP contribution in [-0.4, -0.2) is 70.4 Å². The van der Waals surface area contributed by atoms with E-state index in [1.54, 1.807) is 9.42 Å². The minimum absolute atomic E-state index is 0.0747. The molecular weight excluding hydrogens is 366 g/mol. The van der Waals surface area contributed by atoms with Crippen molar-refractivity contribution < 1.29 is 4.79 Å². The molecule has 0 radical (unpaired) electrons. The third-order valence-electron chi connectivity index (χ3n) is 5.39. The lowest BCUT2D eigenvalue weighted by molar-refractivity contribution is -0.118. The van der Waals surface area contributed by atoms with Crippen LogP contribution in [0.15, 0.2) is 42.5 Å². The number of piperazine rings is 1. The molecule has 0 unspecified atom stereocenters. The number of benzene rings is 1. The summed E-state index contributed by atoms with van der Waals surface area (Å²) in [5, 5.41) is 13.3. The summed E-state index contributed by atoms with van der Waals surface area (Å²) >= 11 is 0. The summed E-state index contributed by atoms with van der Waals surface area (Å²) in [6.45, 7) is 6.57. The molecule has 2 aromatic heterocycles. The quantitative estimate of drug-likeness (QED) is 0.637. The molecule has 0 aliphatic carbocycles. The van der Waals surface area contributed by atoms with E-state index in [0.717, 1.165) is 37.7 Å². The van der Waals surface area contributed by atoms with E-state index in [0.29, 0.717) is 30.9 Å². The summed E-state index contributed by atoms with van der Waals surface area (Å²) in [5.41, 5.74) is 1.63. The SMILES string of the molecule is CCN(C(=O)CCc1nnc2ccc(N3CCN(C)CC3)nn12)c1ccccc1. The summed E-state index contributed by atoms with van der Waals surface area (Å²) in [4.78, 5) is 19.2. The number of hydrogen-bond acceptors (Lipinski definition) is 6. The summed E-state index contributed by atoms with van der Waals surface area (Å²) in [6.07, 6.45) is 0.868. The van der Waals surface area contributed by atoms with Crippen molar-refractivity contribution in [2.45, 2.75) is 19.8 Å². The molecule has 1 saturated heterocycles. The Hall–Kier alpha value is -3.00. The van der Waals surface area contributed by atoms with E-state index in [-0.39, 0.29) is 5.91 Å². The Balaban J connectivity index is 1.48. The van der Waals surface area contributed by atoms with E-state index in [9.17, 15) is 4.79 Å². The van der Waals surface area contributed by atoms with Gasteiger partial charge in [-0.15, -0.1) is 15.3 Å². The van der Waals surface area contributed by atoms with Gasteiger partial charge in [-0.05, 0) is 38.2 Å². The Kier molecular flexibility index (Phi) is 5.71. The minimum atomic E-state index is 0.0747.